The third-order valence-electron chi connectivity index (χ3n) is 2.59. The van der Waals surface area contributed by atoms with Gasteiger partial charge in [0.15, 0.2) is 0 Å². The average Bonchev–Trinajstić information content (AvgIpc) is 3.10. The minimum atomic E-state index is 0.646. The SMILES string of the molecule is CONCc1ccc(Cl)c(OCC2CC2)c1. The van der Waals surface area contributed by atoms with E-state index in [1.807, 2.05) is 18.2 Å². The van der Waals surface area contributed by atoms with E-state index < -0.39 is 0 Å². The van der Waals surface area contributed by atoms with Gasteiger partial charge in [-0.15, -0.1) is 0 Å². The summed E-state index contributed by atoms with van der Waals surface area (Å²) in [6, 6.07) is 5.77. The predicted octanol–water partition coefficient (Wildman–Crippen LogP) is 2.78. The Kier molecular flexibility index (Phi) is 4.04. The topological polar surface area (TPSA) is 30.5 Å². The van der Waals surface area contributed by atoms with E-state index in [1.54, 1.807) is 7.11 Å². The van der Waals surface area contributed by atoms with E-state index in [9.17, 15) is 0 Å². The molecule has 0 radical (unpaired) electrons. The molecule has 1 aromatic carbocycles. The van der Waals surface area contributed by atoms with Crippen molar-refractivity contribution in [3.63, 3.8) is 0 Å². The maximum atomic E-state index is 6.06. The second-order valence-corrected chi connectivity index (χ2v) is 4.45. The number of ether oxygens (including phenoxy) is 1. The monoisotopic (exact) mass is 241 g/mol. The lowest BCUT2D eigenvalue weighted by Crippen LogP contribution is -2.10. The number of benzene rings is 1. The Morgan fingerprint density at radius 2 is 2.25 bits per heavy atom. The van der Waals surface area contributed by atoms with E-state index in [-0.39, 0.29) is 0 Å². The van der Waals surface area contributed by atoms with Crippen LogP contribution in [0, 0.1) is 5.92 Å². The van der Waals surface area contributed by atoms with E-state index in [1.165, 1.54) is 12.8 Å². The first-order valence-corrected chi connectivity index (χ1v) is 5.84. The average molecular weight is 242 g/mol. The Labute approximate surface area is 101 Å². The molecule has 4 heteroatoms. The van der Waals surface area contributed by atoms with E-state index in [0.717, 1.165) is 23.8 Å². The third kappa shape index (κ3) is 3.37. The van der Waals surface area contributed by atoms with Crippen LogP contribution in [0.1, 0.15) is 18.4 Å². The van der Waals surface area contributed by atoms with E-state index in [4.69, 9.17) is 21.2 Å². The number of rotatable bonds is 6. The molecule has 0 heterocycles. The number of hydroxylamine groups is 1. The summed E-state index contributed by atoms with van der Waals surface area (Å²) in [5, 5.41) is 0.668. The van der Waals surface area contributed by atoms with Gasteiger partial charge >= 0.3 is 0 Å². The summed E-state index contributed by atoms with van der Waals surface area (Å²) in [6.07, 6.45) is 2.56. The predicted molar refractivity (Wildman–Crippen MR) is 63.5 cm³/mol. The Hall–Kier alpha value is -0.770. The highest BCUT2D eigenvalue weighted by molar-refractivity contribution is 6.32. The molecule has 1 N–H and O–H groups in total. The van der Waals surface area contributed by atoms with Crippen molar-refractivity contribution in [1.82, 2.24) is 5.48 Å². The van der Waals surface area contributed by atoms with Crippen molar-refractivity contribution >= 4 is 11.6 Å². The van der Waals surface area contributed by atoms with Crippen LogP contribution in [0.15, 0.2) is 18.2 Å². The Morgan fingerprint density at radius 1 is 1.44 bits per heavy atom. The molecule has 0 bridgehead atoms. The number of halogens is 1. The molecule has 1 aromatic rings. The normalized spacial score (nSPS) is 15.1. The molecule has 3 nitrogen and oxygen atoms in total. The van der Waals surface area contributed by atoms with Crippen molar-refractivity contribution in [2.75, 3.05) is 13.7 Å². The third-order valence-corrected chi connectivity index (χ3v) is 2.90. The molecular weight excluding hydrogens is 226 g/mol. The first-order valence-electron chi connectivity index (χ1n) is 5.46. The molecule has 0 amide bonds. The molecule has 0 unspecified atom stereocenters. The van der Waals surface area contributed by atoms with Crippen LogP contribution in [0.3, 0.4) is 0 Å². The maximum Gasteiger partial charge on any atom is 0.138 e. The molecule has 1 saturated carbocycles. The van der Waals surface area contributed by atoms with Crippen LogP contribution in [-0.4, -0.2) is 13.7 Å². The molecule has 0 atom stereocenters. The zero-order valence-electron chi connectivity index (χ0n) is 9.33. The van der Waals surface area contributed by atoms with Crippen molar-refractivity contribution in [2.24, 2.45) is 5.92 Å². The second kappa shape index (κ2) is 5.53. The standard InChI is InChI=1S/C12H16ClNO2/c1-15-14-7-10-4-5-11(13)12(6-10)16-8-9-2-3-9/h4-6,9,14H,2-3,7-8H2,1H3. The van der Waals surface area contributed by atoms with Gasteiger partial charge in [0.25, 0.3) is 0 Å². The molecule has 0 spiro atoms. The van der Waals surface area contributed by atoms with Crippen molar-refractivity contribution in [2.45, 2.75) is 19.4 Å². The molecule has 0 aliphatic heterocycles. The lowest BCUT2D eigenvalue weighted by molar-refractivity contribution is 0.0866. The van der Waals surface area contributed by atoms with E-state index in [0.29, 0.717) is 11.6 Å². The Morgan fingerprint density at radius 3 is 2.94 bits per heavy atom. The van der Waals surface area contributed by atoms with Gasteiger partial charge in [-0.1, -0.05) is 17.7 Å². The minimum Gasteiger partial charge on any atom is -0.492 e. The van der Waals surface area contributed by atoms with Crippen LogP contribution >= 0.6 is 11.6 Å². The van der Waals surface area contributed by atoms with Crippen LogP contribution in [0.5, 0.6) is 5.75 Å². The van der Waals surface area contributed by atoms with Crippen LogP contribution in [0.2, 0.25) is 5.02 Å². The minimum absolute atomic E-state index is 0.646. The highest BCUT2D eigenvalue weighted by atomic mass is 35.5. The molecule has 2 rings (SSSR count). The quantitative estimate of drug-likeness (QED) is 0.777. The molecule has 16 heavy (non-hydrogen) atoms. The van der Waals surface area contributed by atoms with Gasteiger partial charge in [-0.2, -0.15) is 5.48 Å². The molecule has 88 valence electrons. The first-order chi connectivity index (χ1) is 7.79. The van der Waals surface area contributed by atoms with Crippen LogP contribution in [-0.2, 0) is 11.4 Å². The largest absolute Gasteiger partial charge is 0.492 e. The van der Waals surface area contributed by atoms with Gasteiger partial charge in [-0.05, 0) is 36.5 Å². The maximum absolute atomic E-state index is 6.06. The zero-order chi connectivity index (χ0) is 11.4. The van der Waals surface area contributed by atoms with Gasteiger partial charge in [-0.25, -0.2) is 0 Å². The van der Waals surface area contributed by atoms with Gasteiger partial charge in [0.1, 0.15) is 5.75 Å². The zero-order valence-corrected chi connectivity index (χ0v) is 10.1. The van der Waals surface area contributed by atoms with Crippen molar-refractivity contribution in [3.8, 4) is 5.75 Å². The number of hydrogen-bond acceptors (Lipinski definition) is 3. The summed E-state index contributed by atoms with van der Waals surface area (Å²) in [5.74, 6) is 1.50. The summed E-state index contributed by atoms with van der Waals surface area (Å²) in [7, 11) is 1.60. The summed E-state index contributed by atoms with van der Waals surface area (Å²) in [6.45, 7) is 1.42. The van der Waals surface area contributed by atoms with Gasteiger partial charge < -0.3 is 9.57 Å². The highest BCUT2D eigenvalue weighted by Gasteiger charge is 2.22. The molecule has 1 fully saturated rings. The Bertz CT molecular complexity index is 353. The summed E-state index contributed by atoms with van der Waals surface area (Å²) in [5.41, 5.74) is 3.88. The van der Waals surface area contributed by atoms with Crippen molar-refractivity contribution in [3.05, 3.63) is 28.8 Å². The molecule has 0 saturated heterocycles. The number of nitrogens with one attached hydrogen (secondary N) is 1. The highest BCUT2D eigenvalue weighted by Crippen LogP contribution is 2.32. The van der Waals surface area contributed by atoms with Gasteiger partial charge in [0.2, 0.25) is 0 Å². The van der Waals surface area contributed by atoms with E-state index in [2.05, 4.69) is 5.48 Å². The van der Waals surface area contributed by atoms with Crippen molar-refractivity contribution < 1.29 is 9.57 Å². The van der Waals surface area contributed by atoms with Gasteiger partial charge in [-0.3, -0.25) is 0 Å². The van der Waals surface area contributed by atoms with Crippen LogP contribution < -0.4 is 10.2 Å². The fourth-order valence-corrected chi connectivity index (χ4v) is 1.59. The molecule has 0 aromatic heterocycles. The van der Waals surface area contributed by atoms with Crippen molar-refractivity contribution in [1.29, 1.82) is 0 Å². The molecular formula is C12H16ClNO2. The number of hydrogen-bond donors (Lipinski definition) is 1. The summed E-state index contributed by atoms with van der Waals surface area (Å²) < 4.78 is 5.68. The van der Waals surface area contributed by atoms with Crippen LogP contribution in [0.4, 0.5) is 0 Å². The summed E-state index contributed by atoms with van der Waals surface area (Å²) >= 11 is 6.06. The summed E-state index contributed by atoms with van der Waals surface area (Å²) in [4.78, 5) is 4.80. The smallest absolute Gasteiger partial charge is 0.138 e. The lowest BCUT2D eigenvalue weighted by Gasteiger charge is -2.09. The Balaban J connectivity index is 1.96. The van der Waals surface area contributed by atoms with Gasteiger partial charge in [0.05, 0.1) is 18.7 Å². The molecule has 1 aliphatic carbocycles. The van der Waals surface area contributed by atoms with Crippen LogP contribution in [0.25, 0.3) is 0 Å². The van der Waals surface area contributed by atoms with E-state index >= 15 is 0 Å². The fraction of sp³-hybridized carbons (Fsp3) is 0.500. The molecule has 1 aliphatic rings. The fourth-order valence-electron chi connectivity index (χ4n) is 1.42. The van der Waals surface area contributed by atoms with Gasteiger partial charge in [0, 0.05) is 6.54 Å². The first kappa shape index (κ1) is 11.7. The lowest BCUT2D eigenvalue weighted by atomic mass is 10.2. The second-order valence-electron chi connectivity index (χ2n) is 4.04.